The monoisotopic (exact) mass is 353 g/mol. The van der Waals surface area contributed by atoms with Crippen molar-refractivity contribution in [3.8, 4) is 11.5 Å². The van der Waals surface area contributed by atoms with Gasteiger partial charge in [-0.05, 0) is 61.6 Å². The summed E-state index contributed by atoms with van der Waals surface area (Å²) in [5, 5.41) is 0. The highest BCUT2D eigenvalue weighted by molar-refractivity contribution is 5.76. The Morgan fingerprint density at radius 3 is 2.77 bits per heavy atom. The smallest absolute Gasteiger partial charge is 0.223 e. The molecule has 1 heterocycles. The van der Waals surface area contributed by atoms with Gasteiger partial charge in [0.2, 0.25) is 5.91 Å². The van der Waals surface area contributed by atoms with Crippen LogP contribution in [-0.2, 0) is 17.8 Å². The highest BCUT2D eigenvalue weighted by Gasteiger charge is 2.20. The van der Waals surface area contributed by atoms with Crippen molar-refractivity contribution in [2.45, 2.75) is 39.7 Å². The Kier molecular flexibility index (Phi) is 6.16. The van der Waals surface area contributed by atoms with Crippen molar-refractivity contribution < 1.29 is 14.3 Å². The summed E-state index contributed by atoms with van der Waals surface area (Å²) in [7, 11) is 0. The number of rotatable bonds is 7. The maximum absolute atomic E-state index is 12.5. The number of carbonyl (C=O) groups excluding carboxylic acids is 1. The number of aryl methyl sites for hydroxylation is 1. The van der Waals surface area contributed by atoms with Crippen molar-refractivity contribution >= 4 is 5.91 Å². The number of para-hydroxylation sites is 1. The summed E-state index contributed by atoms with van der Waals surface area (Å²) in [6, 6.07) is 14.2. The van der Waals surface area contributed by atoms with Gasteiger partial charge in [0.25, 0.3) is 0 Å². The molecule has 3 rings (SSSR count). The van der Waals surface area contributed by atoms with Crippen LogP contribution in [0.25, 0.3) is 0 Å². The van der Waals surface area contributed by atoms with Crippen LogP contribution in [0, 0.1) is 6.92 Å². The van der Waals surface area contributed by atoms with Crippen molar-refractivity contribution in [1.82, 2.24) is 4.90 Å². The number of carbonyl (C=O) groups is 1. The Labute approximate surface area is 155 Å². The third-order valence-electron chi connectivity index (χ3n) is 4.74. The van der Waals surface area contributed by atoms with Crippen molar-refractivity contribution in [2.75, 3.05) is 19.8 Å². The lowest BCUT2D eigenvalue weighted by Crippen LogP contribution is -2.36. The van der Waals surface area contributed by atoms with Gasteiger partial charge in [0.05, 0.1) is 13.2 Å². The first-order valence-electron chi connectivity index (χ1n) is 9.38. The van der Waals surface area contributed by atoms with Gasteiger partial charge in [0, 0.05) is 19.5 Å². The number of hydrogen-bond acceptors (Lipinski definition) is 3. The lowest BCUT2D eigenvalue weighted by molar-refractivity contribution is -0.132. The molecule has 2 aromatic carbocycles. The average Bonchev–Trinajstić information content (AvgIpc) is 2.66. The molecule has 0 aromatic heterocycles. The Hall–Kier alpha value is -2.49. The molecule has 0 spiro atoms. The van der Waals surface area contributed by atoms with Gasteiger partial charge in [-0.1, -0.05) is 24.3 Å². The molecule has 0 radical (unpaired) electrons. The lowest BCUT2D eigenvalue weighted by Gasteiger charge is -2.29. The van der Waals surface area contributed by atoms with Gasteiger partial charge < -0.3 is 14.4 Å². The first kappa shape index (κ1) is 18.3. The normalized spacial score (nSPS) is 13.2. The van der Waals surface area contributed by atoms with Crippen LogP contribution in [-0.4, -0.2) is 30.6 Å². The van der Waals surface area contributed by atoms with E-state index in [1.807, 2.05) is 49.1 Å². The zero-order valence-electron chi connectivity index (χ0n) is 15.7. The van der Waals surface area contributed by atoms with Crippen LogP contribution in [0.3, 0.4) is 0 Å². The molecule has 26 heavy (non-hydrogen) atoms. The Balaban J connectivity index is 1.48. The minimum atomic E-state index is 0.200. The van der Waals surface area contributed by atoms with Gasteiger partial charge in [0.15, 0.2) is 0 Å². The molecule has 0 bridgehead atoms. The number of benzene rings is 2. The largest absolute Gasteiger partial charge is 0.494 e. The zero-order valence-corrected chi connectivity index (χ0v) is 15.7. The molecule has 1 amide bonds. The van der Waals surface area contributed by atoms with Crippen LogP contribution in [0.5, 0.6) is 11.5 Å². The fraction of sp³-hybridized carbons (Fsp3) is 0.409. The molecule has 1 aliphatic heterocycles. The second kappa shape index (κ2) is 8.75. The minimum Gasteiger partial charge on any atom is -0.494 e. The SMILES string of the molecule is CCOc1ccc2c(c1)CN(C(=O)CCCOc1ccccc1C)CC2. The summed E-state index contributed by atoms with van der Waals surface area (Å²) in [4.78, 5) is 14.5. The molecule has 1 aliphatic rings. The van der Waals surface area contributed by atoms with Crippen molar-refractivity contribution in [2.24, 2.45) is 0 Å². The van der Waals surface area contributed by atoms with E-state index in [4.69, 9.17) is 9.47 Å². The summed E-state index contributed by atoms with van der Waals surface area (Å²) in [6.45, 7) is 6.69. The summed E-state index contributed by atoms with van der Waals surface area (Å²) in [6.07, 6.45) is 2.16. The van der Waals surface area contributed by atoms with E-state index in [-0.39, 0.29) is 5.91 Å². The predicted molar refractivity (Wildman–Crippen MR) is 103 cm³/mol. The molecule has 0 N–H and O–H groups in total. The standard InChI is InChI=1S/C22H27NO3/c1-3-25-20-11-10-18-12-13-23(16-19(18)15-20)22(24)9-6-14-26-21-8-5-4-7-17(21)2/h4-5,7-8,10-11,15H,3,6,9,12-14,16H2,1-2H3. The van der Waals surface area contributed by atoms with Gasteiger partial charge in [-0.3, -0.25) is 4.79 Å². The molecule has 0 aliphatic carbocycles. The van der Waals surface area contributed by atoms with Gasteiger partial charge in [0.1, 0.15) is 11.5 Å². The van der Waals surface area contributed by atoms with E-state index in [0.717, 1.165) is 36.4 Å². The van der Waals surface area contributed by atoms with E-state index < -0.39 is 0 Å². The van der Waals surface area contributed by atoms with E-state index in [0.29, 0.717) is 26.2 Å². The number of hydrogen-bond donors (Lipinski definition) is 0. The highest BCUT2D eigenvalue weighted by atomic mass is 16.5. The second-order valence-electron chi connectivity index (χ2n) is 6.65. The second-order valence-corrected chi connectivity index (χ2v) is 6.65. The molecule has 4 heteroatoms. The molecule has 0 saturated carbocycles. The Morgan fingerprint density at radius 2 is 1.96 bits per heavy atom. The molecule has 0 unspecified atom stereocenters. The Morgan fingerprint density at radius 1 is 1.12 bits per heavy atom. The molecule has 138 valence electrons. The van der Waals surface area contributed by atoms with E-state index in [1.54, 1.807) is 0 Å². The van der Waals surface area contributed by atoms with E-state index in [9.17, 15) is 4.79 Å². The van der Waals surface area contributed by atoms with Crippen LogP contribution in [0.15, 0.2) is 42.5 Å². The quantitative estimate of drug-likeness (QED) is 0.702. The number of nitrogens with zero attached hydrogens (tertiary/aromatic N) is 1. The van der Waals surface area contributed by atoms with E-state index in [2.05, 4.69) is 12.1 Å². The van der Waals surface area contributed by atoms with E-state index in [1.165, 1.54) is 11.1 Å². The van der Waals surface area contributed by atoms with Crippen LogP contribution in [0.2, 0.25) is 0 Å². The maximum atomic E-state index is 12.5. The zero-order chi connectivity index (χ0) is 18.4. The topological polar surface area (TPSA) is 38.8 Å². The molecular weight excluding hydrogens is 326 g/mol. The van der Waals surface area contributed by atoms with Crippen molar-refractivity contribution in [3.05, 3.63) is 59.2 Å². The van der Waals surface area contributed by atoms with Crippen LogP contribution in [0.4, 0.5) is 0 Å². The molecular formula is C22H27NO3. The first-order chi connectivity index (χ1) is 12.7. The summed E-state index contributed by atoms with van der Waals surface area (Å²) in [5.74, 6) is 1.98. The first-order valence-corrected chi connectivity index (χ1v) is 9.38. The van der Waals surface area contributed by atoms with Crippen molar-refractivity contribution in [1.29, 1.82) is 0 Å². The molecule has 0 fully saturated rings. The fourth-order valence-electron chi connectivity index (χ4n) is 3.28. The van der Waals surface area contributed by atoms with Crippen LogP contribution < -0.4 is 9.47 Å². The predicted octanol–water partition coefficient (Wildman–Crippen LogP) is 4.14. The van der Waals surface area contributed by atoms with Gasteiger partial charge in [-0.15, -0.1) is 0 Å². The molecule has 0 saturated heterocycles. The summed E-state index contributed by atoms with van der Waals surface area (Å²) in [5.41, 5.74) is 3.64. The maximum Gasteiger partial charge on any atom is 0.223 e. The Bertz CT molecular complexity index is 757. The number of amides is 1. The molecule has 0 atom stereocenters. The van der Waals surface area contributed by atoms with Crippen LogP contribution >= 0.6 is 0 Å². The number of fused-ring (bicyclic) bond motifs is 1. The summed E-state index contributed by atoms with van der Waals surface area (Å²) < 4.78 is 11.4. The summed E-state index contributed by atoms with van der Waals surface area (Å²) >= 11 is 0. The third-order valence-corrected chi connectivity index (χ3v) is 4.74. The van der Waals surface area contributed by atoms with Crippen molar-refractivity contribution in [3.63, 3.8) is 0 Å². The van der Waals surface area contributed by atoms with E-state index >= 15 is 0 Å². The molecule has 2 aromatic rings. The van der Waals surface area contributed by atoms with Gasteiger partial charge in [-0.25, -0.2) is 0 Å². The lowest BCUT2D eigenvalue weighted by atomic mass is 9.99. The molecule has 4 nitrogen and oxygen atoms in total. The number of ether oxygens (including phenoxy) is 2. The minimum absolute atomic E-state index is 0.200. The van der Waals surface area contributed by atoms with Gasteiger partial charge >= 0.3 is 0 Å². The highest BCUT2D eigenvalue weighted by Crippen LogP contribution is 2.24. The average molecular weight is 353 g/mol. The third kappa shape index (κ3) is 4.57. The van der Waals surface area contributed by atoms with Gasteiger partial charge in [-0.2, -0.15) is 0 Å². The fourth-order valence-corrected chi connectivity index (χ4v) is 3.28. The van der Waals surface area contributed by atoms with Crippen LogP contribution in [0.1, 0.15) is 36.5 Å².